The van der Waals surface area contributed by atoms with Crippen molar-refractivity contribution in [1.82, 2.24) is 4.90 Å². The first-order valence-corrected chi connectivity index (χ1v) is 12.4. The Morgan fingerprint density at radius 3 is 2.26 bits per heavy atom. The first-order chi connectivity index (χ1) is 16.3. The zero-order valence-electron chi connectivity index (χ0n) is 20.7. The van der Waals surface area contributed by atoms with Gasteiger partial charge in [0.1, 0.15) is 0 Å². The molecule has 35 heavy (non-hydrogen) atoms. The molecule has 2 aromatic rings. The van der Waals surface area contributed by atoms with Gasteiger partial charge in [-0.15, -0.1) is 17.0 Å². The van der Waals surface area contributed by atoms with Crippen LogP contribution in [0.15, 0.2) is 30.3 Å². The average Bonchev–Trinajstić information content (AvgIpc) is 2.81. The van der Waals surface area contributed by atoms with Crippen molar-refractivity contribution in [3.8, 4) is 23.0 Å². The van der Waals surface area contributed by atoms with Crippen molar-refractivity contribution in [3.63, 3.8) is 0 Å². The molecule has 0 aromatic heterocycles. The predicted octanol–water partition coefficient (Wildman–Crippen LogP) is 5.27. The minimum Gasteiger partial charge on any atom is -0.504 e. The Balaban J connectivity index is 0.00000432. The monoisotopic (exact) mass is 550 g/mol. The third-order valence-corrected chi connectivity index (χ3v) is 6.80. The maximum atomic E-state index is 12.1. The van der Waals surface area contributed by atoms with Crippen LogP contribution in [0.4, 0.5) is 5.69 Å². The standard InChI is InChI=1S/C27H38N2O5.BrH/c1-3-14-28(21-9-11-23-20(17-21)8-12-25(32)27(23)34)15-6-4-5-7-16-29(19(2)30)22-10-13-24(31)26(33)18-22;/h8,10,12-13,18,21,31-34H,3-7,9,11,14-17H2,1-2H3;1H/t21-;/m0./s1. The molecule has 1 atom stereocenters. The van der Waals surface area contributed by atoms with Crippen LogP contribution >= 0.6 is 17.0 Å². The molecule has 0 fully saturated rings. The number of anilines is 1. The predicted molar refractivity (Wildman–Crippen MR) is 144 cm³/mol. The average molecular weight is 552 g/mol. The molecule has 0 heterocycles. The second kappa shape index (κ2) is 13.6. The van der Waals surface area contributed by atoms with E-state index in [1.807, 2.05) is 6.07 Å². The summed E-state index contributed by atoms with van der Waals surface area (Å²) in [5.74, 6) is -0.498. The highest BCUT2D eigenvalue weighted by molar-refractivity contribution is 8.93. The molecule has 1 aliphatic carbocycles. The van der Waals surface area contributed by atoms with Gasteiger partial charge in [0.15, 0.2) is 23.0 Å². The largest absolute Gasteiger partial charge is 0.504 e. The van der Waals surface area contributed by atoms with Gasteiger partial charge in [0.2, 0.25) is 5.91 Å². The smallest absolute Gasteiger partial charge is 0.223 e. The van der Waals surface area contributed by atoms with E-state index in [9.17, 15) is 25.2 Å². The Bertz CT molecular complexity index is 984. The van der Waals surface area contributed by atoms with Crippen molar-refractivity contribution in [2.45, 2.75) is 71.3 Å². The van der Waals surface area contributed by atoms with E-state index in [0.717, 1.165) is 75.6 Å². The molecule has 0 saturated carbocycles. The number of fused-ring (bicyclic) bond motifs is 1. The Morgan fingerprint density at radius 2 is 1.60 bits per heavy atom. The highest BCUT2D eigenvalue weighted by Gasteiger charge is 2.26. The van der Waals surface area contributed by atoms with E-state index in [4.69, 9.17) is 0 Å². The molecule has 0 spiro atoms. The lowest BCUT2D eigenvalue weighted by atomic mass is 9.86. The zero-order valence-corrected chi connectivity index (χ0v) is 22.5. The number of phenols is 4. The topological polar surface area (TPSA) is 104 Å². The van der Waals surface area contributed by atoms with E-state index in [0.29, 0.717) is 18.3 Å². The van der Waals surface area contributed by atoms with E-state index in [2.05, 4.69) is 11.8 Å². The van der Waals surface area contributed by atoms with Gasteiger partial charge in [-0.3, -0.25) is 4.79 Å². The zero-order chi connectivity index (χ0) is 24.7. The number of carbonyl (C=O) groups is 1. The van der Waals surface area contributed by atoms with Crippen molar-refractivity contribution in [2.24, 2.45) is 0 Å². The Morgan fingerprint density at radius 1 is 0.914 bits per heavy atom. The van der Waals surface area contributed by atoms with Crippen molar-refractivity contribution in [3.05, 3.63) is 41.5 Å². The van der Waals surface area contributed by atoms with E-state index in [1.165, 1.54) is 19.1 Å². The fraction of sp³-hybridized carbons (Fsp3) is 0.519. The highest BCUT2D eigenvalue weighted by atomic mass is 79.9. The molecule has 3 rings (SSSR count). The summed E-state index contributed by atoms with van der Waals surface area (Å²) in [5.41, 5.74) is 2.62. The van der Waals surface area contributed by atoms with Gasteiger partial charge in [-0.2, -0.15) is 0 Å². The molecule has 7 nitrogen and oxygen atoms in total. The van der Waals surface area contributed by atoms with Crippen molar-refractivity contribution in [2.75, 3.05) is 24.5 Å². The van der Waals surface area contributed by atoms with Crippen LogP contribution in [0.1, 0.15) is 63.5 Å². The van der Waals surface area contributed by atoms with Crippen LogP contribution < -0.4 is 4.90 Å². The molecule has 0 radical (unpaired) electrons. The van der Waals surface area contributed by atoms with E-state index in [-0.39, 0.29) is 45.9 Å². The number of unbranched alkanes of at least 4 members (excludes halogenated alkanes) is 3. The van der Waals surface area contributed by atoms with Gasteiger partial charge in [0, 0.05) is 36.8 Å². The molecule has 0 aliphatic heterocycles. The molecule has 2 aromatic carbocycles. The fourth-order valence-corrected chi connectivity index (χ4v) is 4.97. The minimum absolute atomic E-state index is 0. The van der Waals surface area contributed by atoms with Gasteiger partial charge in [-0.05, 0) is 75.4 Å². The molecule has 1 amide bonds. The van der Waals surface area contributed by atoms with Crippen LogP contribution in [0.2, 0.25) is 0 Å². The molecule has 0 bridgehead atoms. The number of halogens is 1. The second-order valence-corrected chi connectivity index (χ2v) is 9.26. The third kappa shape index (κ3) is 7.51. The maximum Gasteiger partial charge on any atom is 0.223 e. The fourth-order valence-electron chi connectivity index (χ4n) is 4.97. The van der Waals surface area contributed by atoms with Gasteiger partial charge >= 0.3 is 0 Å². The summed E-state index contributed by atoms with van der Waals surface area (Å²) in [7, 11) is 0. The molecule has 194 valence electrons. The van der Waals surface area contributed by atoms with E-state index in [1.54, 1.807) is 17.0 Å². The summed E-state index contributed by atoms with van der Waals surface area (Å²) in [6.45, 7) is 6.36. The van der Waals surface area contributed by atoms with Crippen LogP contribution in [0, 0.1) is 0 Å². The third-order valence-electron chi connectivity index (χ3n) is 6.80. The number of amides is 1. The van der Waals surface area contributed by atoms with Gasteiger partial charge in [0.25, 0.3) is 0 Å². The van der Waals surface area contributed by atoms with Crippen LogP contribution in [-0.2, 0) is 17.6 Å². The summed E-state index contributed by atoms with van der Waals surface area (Å²) in [5, 5.41) is 39.2. The summed E-state index contributed by atoms with van der Waals surface area (Å²) in [6, 6.07) is 8.44. The molecule has 0 unspecified atom stereocenters. The first kappa shape index (κ1) is 28.8. The Hall–Kier alpha value is -2.45. The van der Waals surface area contributed by atoms with Gasteiger partial charge < -0.3 is 30.2 Å². The number of benzene rings is 2. The van der Waals surface area contributed by atoms with Crippen molar-refractivity contribution < 1.29 is 25.2 Å². The minimum atomic E-state index is -0.225. The van der Waals surface area contributed by atoms with Crippen molar-refractivity contribution in [1.29, 1.82) is 0 Å². The molecule has 4 N–H and O–H groups in total. The first-order valence-electron chi connectivity index (χ1n) is 12.4. The number of phenolic OH excluding ortho intramolecular Hbond substituents is 4. The van der Waals surface area contributed by atoms with Crippen molar-refractivity contribution >= 4 is 28.6 Å². The molecule has 8 heteroatoms. The molecular formula is C27H39BrN2O5. The number of hydrogen-bond donors (Lipinski definition) is 4. The van der Waals surface area contributed by atoms with E-state index < -0.39 is 0 Å². The Labute approximate surface area is 218 Å². The quantitative estimate of drug-likeness (QED) is 0.224. The van der Waals surface area contributed by atoms with Crippen LogP contribution in [0.3, 0.4) is 0 Å². The number of aromatic hydroxyl groups is 4. The van der Waals surface area contributed by atoms with Crippen LogP contribution in [0.25, 0.3) is 0 Å². The second-order valence-electron chi connectivity index (χ2n) is 9.26. The lowest BCUT2D eigenvalue weighted by Gasteiger charge is -2.35. The van der Waals surface area contributed by atoms with Crippen LogP contribution in [0.5, 0.6) is 23.0 Å². The summed E-state index contributed by atoms with van der Waals surface area (Å²) in [6.07, 6.45) is 7.80. The number of hydrogen-bond acceptors (Lipinski definition) is 6. The lowest BCUT2D eigenvalue weighted by molar-refractivity contribution is -0.116. The summed E-state index contributed by atoms with van der Waals surface area (Å²) in [4.78, 5) is 16.3. The number of rotatable bonds is 11. The number of carbonyl (C=O) groups excluding carboxylic acids is 1. The van der Waals surface area contributed by atoms with Gasteiger partial charge in [-0.25, -0.2) is 0 Å². The highest BCUT2D eigenvalue weighted by Crippen LogP contribution is 2.37. The van der Waals surface area contributed by atoms with Gasteiger partial charge in [0.05, 0.1) is 0 Å². The van der Waals surface area contributed by atoms with Gasteiger partial charge in [-0.1, -0.05) is 25.8 Å². The number of nitrogens with zero attached hydrogens (tertiary/aromatic N) is 2. The molecule has 0 saturated heterocycles. The van der Waals surface area contributed by atoms with E-state index >= 15 is 0 Å². The molecular weight excluding hydrogens is 512 g/mol. The Kier molecular flexibility index (Phi) is 11.2. The van der Waals surface area contributed by atoms with Crippen LogP contribution in [-0.4, -0.2) is 56.9 Å². The maximum absolute atomic E-state index is 12.1. The summed E-state index contributed by atoms with van der Waals surface area (Å²) < 4.78 is 0. The molecule has 1 aliphatic rings. The SMILES string of the molecule is Br.CCCN(CCCCCCN(C(C)=O)c1ccc(O)c(O)c1)[C@H]1CCc2c(ccc(O)c2O)C1. The summed E-state index contributed by atoms with van der Waals surface area (Å²) >= 11 is 0. The lowest BCUT2D eigenvalue weighted by Crippen LogP contribution is -2.40. The normalized spacial score (nSPS) is 14.9.